The number of hydrogen-bond acceptors (Lipinski definition) is 5. The SMILES string of the molecule is CCC(=O)NCC1CCCN(C(=O)Nc2ccsc2C(=O)OC)C1. The molecular formula is C16H23N3O4S. The zero-order chi connectivity index (χ0) is 17.5. The lowest BCUT2D eigenvalue weighted by molar-refractivity contribution is -0.121. The number of nitrogens with one attached hydrogen (secondary N) is 2. The predicted molar refractivity (Wildman–Crippen MR) is 92.3 cm³/mol. The summed E-state index contributed by atoms with van der Waals surface area (Å²) in [4.78, 5) is 37.6. The quantitative estimate of drug-likeness (QED) is 0.795. The number of esters is 1. The fraction of sp³-hybridized carbons (Fsp3) is 0.562. The number of anilines is 1. The van der Waals surface area contributed by atoms with Crippen molar-refractivity contribution in [2.75, 3.05) is 32.1 Å². The van der Waals surface area contributed by atoms with Gasteiger partial charge in [0.1, 0.15) is 4.88 Å². The van der Waals surface area contributed by atoms with Crippen molar-refractivity contribution in [2.45, 2.75) is 26.2 Å². The first kappa shape index (κ1) is 18.3. The minimum absolute atomic E-state index is 0.0255. The van der Waals surface area contributed by atoms with E-state index in [1.165, 1.54) is 18.4 Å². The molecule has 1 saturated heterocycles. The van der Waals surface area contributed by atoms with E-state index in [0.29, 0.717) is 36.6 Å². The molecule has 1 aromatic heterocycles. The lowest BCUT2D eigenvalue weighted by Gasteiger charge is -2.32. The molecule has 132 valence electrons. The molecule has 0 aromatic carbocycles. The number of nitrogens with zero attached hydrogens (tertiary/aromatic N) is 1. The number of piperidine rings is 1. The molecule has 2 heterocycles. The van der Waals surface area contributed by atoms with Crippen molar-refractivity contribution in [3.8, 4) is 0 Å². The highest BCUT2D eigenvalue weighted by molar-refractivity contribution is 7.12. The van der Waals surface area contributed by atoms with Crippen molar-refractivity contribution in [1.29, 1.82) is 0 Å². The molecule has 2 rings (SSSR count). The van der Waals surface area contributed by atoms with Crippen LogP contribution in [0.5, 0.6) is 0 Å². The number of likely N-dealkylation sites (tertiary alicyclic amines) is 1. The van der Waals surface area contributed by atoms with Crippen molar-refractivity contribution in [2.24, 2.45) is 5.92 Å². The van der Waals surface area contributed by atoms with Crippen LogP contribution < -0.4 is 10.6 Å². The molecule has 7 nitrogen and oxygen atoms in total. The average Bonchev–Trinajstić information content (AvgIpc) is 3.07. The Morgan fingerprint density at radius 2 is 2.21 bits per heavy atom. The monoisotopic (exact) mass is 353 g/mol. The lowest BCUT2D eigenvalue weighted by atomic mass is 9.98. The minimum Gasteiger partial charge on any atom is -0.465 e. The summed E-state index contributed by atoms with van der Waals surface area (Å²) in [5.74, 6) is -0.181. The molecule has 1 aromatic rings. The van der Waals surface area contributed by atoms with Gasteiger partial charge in [0.25, 0.3) is 0 Å². The van der Waals surface area contributed by atoms with Crippen LogP contribution in [0.25, 0.3) is 0 Å². The summed E-state index contributed by atoms with van der Waals surface area (Å²) in [6.45, 7) is 3.66. The summed E-state index contributed by atoms with van der Waals surface area (Å²) in [6.07, 6.45) is 2.35. The molecule has 1 fully saturated rings. The van der Waals surface area contributed by atoms with Crippen molar-refractivity contribution >= 4 is 34.9 Å². The summed E-state index contributed by atoms with van der Waals surface area (Å²) in [7, 11) is 1.31. The average molecular weight is 353 g/mol. The molecule has 2 N–H and O–H groups in total. The van der Waals surface area contributed by atoms with Gasteiger partial charge in [-0.3, -0.25) is 4.79 Å². The fourth-order valence-corrected chi connectivity index (χ4v) is 3.42. The normalized spacial score (nSPS) is 17.2. The van der Waals surface area contributed by atoms with Gasteiger partial charge in [0.2, 0.25) is 5.91 Å². The van der Waals surface area contributed by atoms with Crippen LogP contribution in [0.3, 0.4) is 0 Å². The van der Waals surface area contributed by atoms with Gasteiger partial charge in [-0.1, -0.05) is 6.92 Å². The number of hydrogen-bond donors (Lipinski definition) is 2. The van der Waals surface area contributed by atoms with Crippen LogP contribution in [0, 0.1) is 5.92 Å². The van der Waals surface area contributed by atoms with E-state index in [0.717, 1.165) is 12.8 Å². The van der Waals surface area contributed by atoms with E-state index in [4.69, 9.17) is 4.74 Å². The van der Waals surface area contributed by atoms with Gasteiger partial charge >= 0.3 is 12.0 Å². The molecule has 8 heteroatoms. The summed E-state index contributed by atoms with van der Waals surface area (Å²) < 4.78 is 4.71. The van der Waals surface area contributed by atoms with Gasteiger partial charge in [0, 0.05) is 26.1 Å². The first-order chi connectivity index (χ1) is 11.5. The highest BCUT2D eigenvalue weighted by Crippen LogP contribution is 2.24. The van der Waals surface area contributed by atoms with Crippen LogP contribution in [0.2, 0.25) is 0 Å². The first-order valence-corrected chi connectivity index (χ1v) is 8.91. The van der Waals surface area contributed by atoms with Gasteiger partial charge in [0.05, 0.1) is 12.8 Å². The predicted octanol–water partition coefficient (Wildman–Crippen LogP) is 2.30. The van der Waals surface area contributed by atoms with E-state index < -0.39 is 5.97 Å². The second kappa shape index (κ2) is 8.68. The minimum atomic E-state index is -0.459. The summed E-state index contributed by atoms with van der Waals surface area (Å²) >= 11 is 1.23. The second-order valence-corrected chi connectivity index (χ2v) is 6.61. The van der Waals surface area contributed by atoms with Crippen molar-refractivity contribution in [3.05, 3.63) is 16.3 Å². The third-order valence-electron chi connectivity index (χ3n) is 3.99. The Kier molecular flexibility index (Phi) is 6.60. The first-order valence-electron chi connectivity index (χ1n) is 8.03. The highest BCUT2D eigenvalue weighted by atomic mass is 32.1. The molecule has 1 unspecified atom stereocenters. The number of methoxy groups -OCH3 is 1. The maximum absolute atomic E-state index is 12.4. The van der Waals surface area contributed by atoms with E-state index in [1.54, 1.807) is 16.3 Å². The molecule has 3 amide bonds. The summed E-state index contributed by atoms with van der Waals surface area (Å²) in [5, 5.41) is 7.40. The molecule has 24 heavy (non-hydrogen) atoms. The van der Waals surface area contributed by atoms with Gasteiger partial charge in [-0.15, -0.1) is 11.3 Å². The molecule has 1 aliphatic heterocycles. The number of carbonyl (C=O) groups is 3. The number of amides is 3. The smallest absolute Gasteiger partial charge is 0.350 e. The third kappa shape index (κ3) is 4.70. The number of ether oxygens (including phenoxy) is 1. The lowest BCUT2D eigenvalue weighted by Crippen LogP contribution is -2.45. The van der Waals surface area contributed by atoms with Crippen molar-refractivity contribution in [3.63, 3.8) is 0 Å². The largest absolute Gasteiger partial charge is 0.465 e. The molecular weight excluding hydrogens is 330 g/mol. The van der Waals surface area contributed by atoms with Crippen LogP contribution in [0.4, 0.5) is 10.5 Å². The number of thiophene rings is 1. The standard InChI is InChI=1S/C16H23N3O4S/c1-3-13(20)17-9-11-5-4-7-19(10-11)16(22)18-12-6-8-24-14(12)15(21)23-2/h6,8,11H,3-5,7,9-10H2,1-2H3,(H,17,20)(H,18,22). The zero-order valence-electron chi connectivity index (χ0n) is 14.0. The Bertz CT molecular complexity index is 602. The van der Waals surface area contributed by atoms with E-state index in [9.17, 15) is 14.4 Å². The topological polar surface area (TPSA) is 87.7 Å². The Hall–Kier alpha value is -2.09. The van der Waals surface area contributed by atoms with Crippen molar-refractivity contribution < 1.29 is 19.1 Å². The molecule has 1 atom stereocenters. The van der Waals surface area contributed by atoms with Crippen LogP contribution in [0.1, 0.15) is 35.9 Å². The van der Waals surface area contributed by atoms with E-state index in [1.807, 2.05) is 6.92 Å². The van der Waals surface area contributed by atoms with Gasteiger partial charge in [-0.2, -0.15) is 0 Å². The van der Waals surface area contributed by atoms with Crippen LogP contribution in [-0.2, 0) is 9.53 Å². The fourth-order valence-electron chi connectivity index (χ4n) is 2.65. The summed E-state index contributed by atoms with van der Waals surface area (Å²) in [6, 6.07) is 1.46. The Morgan fingerprint density at radius 1 is 1.42 bits per heavy atom. The maximum atomic E-state index is 12.4. The number of urea groups is 1. The van der Waals surface area contributed by atoms with Crippen LogP contribution in [-0.4, -0.2) is 49.6 Å². The molecule has 0 bridgehead atoms. The Morgan fingerprint density at radius 3 is 2.92 bits per heavy atom. The number of carbonyl (C=O) groups excluding carboxylic acids is 3. The highest BCUT2D eigenvalue weighted by Gasteiger charge is 2.25. The summed E-state index contributed by atoms with van der Waals surface area (Å²) in [5.41, 5.74) is 0.471. The van der Waals surface area contributed by atoms with Gasteiger partial charge in [-0.05, 0) is 30.2 Å². The van der Waals surface area contributed by atoms with Gasteiger partial charge in [-0.25, -0.2) is 9.59 Å². The van der Waals surface area contributed by atoms with Crippen molar-refractivity contribution in [1.82, 2.24) is 10.2 Å². The second-order valence-electron chi connectivity index (χ2n) is 5.70. The van der Waals surface area contributed by atoms with E-state index in [-0.39, 0.29) is 17.9 Å². The van der Waals surface area contributed by atoms with Crippen LogP contribution >= 0.6 is 11.3 Å². The molecule has 1 aliphatic rings. The van der Waals surface area contributed by atoms with Gasteiger partial charge < -0.3 is 20.3 Å². The van der Waals surface area contributed by atoms with Gasteiger partial charge in [0.15, 0.2) is 0 Å². The van der Waals surface area contributed by atoms with E-state index >= 15 is 0 Å². The van der Waals surface area contributed by atoms with Crippen LogP contribution in [0.15, 0.2) is 11.4 Å². The molecule has 0 radical (unpaired) electrons. The maximum Gasteiger partial charge on any atom is 0.350 e. The molecule has 0 saturated carbocycles. The third-order valence-corrected chi connectivity index (χ3v) is 4.89. The molecule has 0 spiro atoms. The molecule has 0 aliphatic carbocycles. The zero-order valence-corrected chi connectivity index (χ0v) is 14.8. The number of rotatable bonds is 5. The Balaban J connectivity index is 1.91. The van der Waals surface area contributed by atoms with E-state index in [2.05, 4.69) is 10.6 Å². The Labute approximate surface area is 145 Å².